The third kappa shape index (κ3) is 5.07. The van der Waals surface area contributed by atoms with Gasteiger partial charge in [-0.3, -0.25) is 9.74 Å². The first-order valence-electron chi connectivity index (χ1n) is 13.1. The largest absolute Gasteiger partial charge is 0.494 e. The lowest BCUT2D eigenvalue weighted by Crippen LogP contribution is -2.63. The van der Waals surface area contributed by atoms with E-state index in [4.69, 9.17) is 9.57 Å². The molecule has 3 aliphatic rings. The number of ether oxygens (including phenoxy) is 1. The fraction of sp³-hybridized carbons (Fsp3) is 0.429. The number of nitrogens with zero attached hydrogens (tertiary/aromatic N) is 6. The second kappa shape index (κ2) is 10.5. The predicted octanol–water partition coefficient (Wildman–Crippen LogP) is 3.55. The minimum Gasteiger partial charge on any atom is -0.494 e. The molecule has 3 aliphatic heterocycles. The maximum absolute atomic E-state index is 5.95. The molecule has 3 fully saturated rings. The average Bonchev–Trinajstić information content (AvgIpc) is 3.41. The number of rotatable bonds is 7. The summed E-state index contributed by atoms with van der Waals surface area (Å²) in [6.07, 6.45) is 2.49. The van der Waals surface area contributed by atoms with Crippen molar-refractivity contribution < 1.29 is 9.57 Å². The zero-order valence-corrected chi connectivity index (χ0v) is 21.6. The van der Waals surface area contributed by atoms with E-state index in [9.17, 15) is 0 Å². The van der Waals surface area contributed by atoms with Gasteiger partial charge in [0.05, 0.1) is 25.4 Å². The van der Waals surface area contributed by atoms with Crippen LogP contribution in [0.15, 0.2) is 60.9 Å². The molecule has 9 nitrogen and oxygen atoms in total. The van der Waals surface area contributed by atoms with Crippen molar-refractivity contribution in [3.63, 3.8) is 0 Å². The Bertz CT molecular complexity index is 1200. The van der Waals surface area contributed by atoms with Crippen LogP contribution in [0.3, 0.4) is 0 Å². The van der Waals surface area contributed by atoms with Gasteiger partial charge >= 0.3 is 0 Å². The molecule has 3 saturated heterocycles. The Hall–Kier alpha value is -3.40. The lowest BCUT2D eigenvalue weighted by molar-refractivity contribution is 0.0963. The predicted molar refractivity (Wildman–Crippen MR) is 146 cm³/mol. The molecule has 194 valence electrons. The van der Waals surface area contributed by atoms with Crippen molar-refractivity contribution in [3.05, 3.63) is 66.5 Å². The molecule has 2 aromatic carbocycles. The van der Waals surface area contributed by atoms with Crippen molar-refractivity contribution >= 4 is 23.0 Å². The second-order valence-corrected chi connectivity index (χ2v) is 10.0. The smallest absolute Gasteiger partial charge is 0.158 e. The van der Waals surface area contributed by atoms with Crippen molar-refractivity contribution in [2.45, 2.75) is 18.5 Å². The Morgan fingerprint density at radius 2 is 1.78 bits per heavy atom. The van der Waals surface area contributed by atoms with Gasteiger partial charge in [0.2, 0.25) is 0 Å². The number of methoxy groups -OCH3 is 1. The van der Waals surface area contributed by atoms with E-state index in [0.29, 0.717) is 18.5 Å². The van der Waals surface area contributed by atoms with Gasteiger partial charge in [0.25, 0.3) is 0 Å². The van der Waals surface area contributed by atoms with Crippen molar-refractivity contribution in [2.75, 3.05) is 75.3 Å². The minimum atomic E-state index is 0.129. The molecule has 6 rings (SSSR count). The molecular weight excluding hydrogens is 466 g/mol. The first kappa shape index (κ1) is 24.0. The fourth-order valence-electron chi connectivity index (χ4n) is 5.41. The van der Waals surface area contributed by atoms with Crippen LogP contribution in [-0.4, -0.2) is 85.8 Å². The van der Waals surface area contributed by atoms with Crippen molar-refractivity contribution in [2.24, 2.45) is 0 Å². The molecule has 0 bridgehead atoms. The van der Waals surface area contributed by atoms with Crippen molar-refractivity contribution in [1.29, 1.82) is 0 Å². The summed E-state index contributed by atoms with van der Waals surface area (Å²) in [7, 11) is 3.91. The van der Waals surface area contributed by atoms with E-state index in [2.05, 4.69) is 79.5 Å². The summed E-state index contributed by atoms with van der Waals surface area (Å²) in [5.74, 6) is 2.22. The van der Waals surface area contributed by atoms with Gasteiger partial charge < -0.3 is 19.9 Å². The SMILES string of the molecule is COc1cc(N2CC(N3CCN(C)CC3)C2)ccc1Nc1cc(N2OCC[C@@H]2c2ccccc2)ncn1. The molecule has 3 aromatic rings. The van der Waals surface area contributed by atoms with Crippen LogP contribution in [0.25, 0.3) is 0 Å². The second-order valence-electron chi connectivity index (χ2n) is 10.0. The molecule has 0 amide bonds. The van der Waals surface area contributed by atoms with Crippen LogP contribution in [0.2, 0.25) is 0 Å². The summed E-state index contributed by atoms with van der Waals surface area (Å²) in [5, 5.41) is 5.31. The Kier molecular flexibility index (Phi) is 6.82. The highest BCUT2D eigenvalue weighted by Crippen LogP contribution is 2.36. The molecule has 37 heavy (non-hydrogen) atoms. The number of likely N-dealkylation sites (N-methyl/N-ethyl adjacent to an activating group) is 1. The highest BCUT2D eigenvalue weighted by Gasteiger charge is 2.33. The van der Waals surface area contributed by atoms with Gasteiger partial charge in [-0.25, -0.2) is 15.0 Å². The molecule has 1 atom stereocenters. The third-order valence-corrected chi connectivity index (χ3v) is 7.70. The molecule has 1 N–H and O–H groups in total. The highest BCUT2D eigenvalue weighted by molar-refractivity contribution is 5.70. The van der Waals surface area contributed by atoms with Gasteiger partial charge in [0.15, 0.2) is 5.82 Å². The fourth-order valence-corrected chi connectivity index (χ4v) is 5.41. The molecule has 1 aromatic heterocycles. The molecular formula is C28H35N7O2. The summed E-state index contributed by atoms with van der Waals surface area (Å²) < 4.78 is 5.75. The Balaban J connectivity index is 1.13. The van der Waals surface area contributed by atoms with Crippen LogP contribution in [0.1, 0.15) is 18.0 Å². The van der Waals surface area contributed by atoms with E-state index >= 15 is 0 Å². The topological polar surface area (TPSA) is 69.2 Å². The van der Waals surface area contributed by atoms with Crippen molar-refractivity contribution in [3.8, 4) is 5.75 Å². The third-order valence-electron chi connectivity index (χ3n) is 7.70. The van der Waals surface area contributed by atoms with Crippen LogP contribution in [-0.2, 0) is 4.84 Å². The number of hydrogen-bond donors (Lipinski definition) is 1. The number of hydroxylamine groups is 1. The van der Waals surface area contributed by atoms with Gasteiger partial charge in [-0.1, -0.05) is 30.3 Å². The maximum Gasteiger partial charge on any atom is 0.158 e. The van der Waals surface area contributed by atoms with E-state index in [-0.39, 0.29) is 6.04 Å². The van der Waals surface area contributed by atoms with E-state index in [1.165, 1.54) is 11.3 Å². The van der Waals surface area contributed by atoms with E-state index < -0.39 is 0 Å². The lowest BCUT2D eigenvalue weighted by atomic mass is 10.0. The number of hydrogen-bond acceptors (Lipinski definition) is 9. The molecule has 0 spiro atoms. The molecule has 9 heteroatoms. The molecule has 0 unspecified atom stereocenters. The summed E-state index contributed by atoms with van der Waals surface area (Å²) in [4.78, 5) is 22.4. The normalized spacial score (nSPS) is 21.2. The van der Waals surface area contributed by atoms with Crippen LogP contribution >= 0.6 is 0 Å². The van der Waals surface area contributed by atoms with Crippen molar-refractivity contribution in [1.82, 2.24) is 19.8 Å². The van der Waals surface area contributed by atoms with Gasteiger partial charge in [-0.2, -0.15) is 0 Å². The van der Waals surface area contributed by atoms with Gasteiger partial charge in [-0.05, 0) is 24.7 Å². The minimum absolute atomic E-state index is 0.129. The lowest BCUT2D eigenvalue weighted by Gasteiger charge is -2.48. The summed E-state index contributed by atoms with van der Waals surface area (Å²) >= 11 is 0. The molecule has 0 aliphatic carbocycles. The monoisotopic (exact) mass is 501 g/mol. The number of piperazine rings is 1. The average molecular weight is 502 g/mol. The number of aromatic nitrogens is 2. The van der Waals surface area contributed by atoms with Crippen LogP contribution in [0.4, 0.5) is 23.0 Å². The zero-order chi connectivity index (χ0) is 25.2. The first-order chi connectivity index (χ1) is 18.2. The zero-order valence-electron chi connectivity index (χ0n) is 21.6. The number of anilines is 4. The molecule has 0 radical (unpaired) electrons. The van der Waals surface area contributed by atoms with E-state index in [1.54, 1.807) is 13.4 Å². The van der Waals surface area contributed by atoms with Gasteiger partial charge in [-0.15, -0.1) is 0 Å². The molecule has 4 heterocycles. The standard InChI is InChI=1S/C28H35N7O2/c1-32-11-13-33(14-12-32)23-18-34(19-23)22-8-9-24(26(16-22)36-2)31-27-17-28(30-20-29-27)35-25(10-15-37-35)21-6-4-3-5-7-21/h3-9,16-17,20,23,25H,10-15,18-19H2,1-2H3,(H,29,30,31)/t25-/m1/s1. The van der Waals surface area contributed by atoms with E-state index in [1.807, 2.05) is 17.2 Å². The Labute approximate surface area is 218 Å². The summed E-state index contributed by atoms with van der Waals surface area (Å²) in [5.41, 5.74) is 3.27. The first-order valence-corrected chi connectivity index (χ1v) is 13.1. The summed E-state index contributed by atoms with van der Waals surface area (Å²) in [6, 6.07) is 19.4. The van der Waals surface area contributed by atoms with Crippen LogP contribution in [0, 0.1) is 0 Å². The number of benzene rings is 2. The Morgan fingerprint density at radius 3 is 2.57 bits per heavy atom. The Morgan fingerprint density at radius 1 is 0.973 bits per heavy atom. The van der Waals surface area contributed by atoms with E-state index in [0.717, 1.165) is 62.9 Å². The number of nitrogens with one attached hydrogen (secondary N) is 1. The highest BCUT2D eigenvalue weighted by atomic mass is 16.7. The van der Waals surface area contributed by atoms with Gasteiger partial charge in [0, 0.05) is 69.6 Å². The summed E-state index contributed by atoms with van der Waals surface area (Å²) in [6.45, 7) is 7.43. The molecule has 0 saturated carbocycles. The van der Waals surface area contributed by atoms with Gasteiger partial charge in [0.1, 0.15) is 17.9 Å². The van der Waals surface area contributed by atoms with Crippen LogP contribution < -0.4 is 20.0 Å². The van der Waals surface area contributed by atoms with Crippen LogP contribution in [0.5, 0.6) is 5.75 Å². The maximum atomic E-state index is 5.95. The quantitative estimate of drug-likeness (QED) is 0.523.